The molecule has 1 aromatic carbocycles. The predicted molar refractivity (Wildman–Crippen MR) is 118 cm³/mol. The van der Waals surface area contributed by atoms with Gasteiger partial charge in [-0.25, -0.2) is 19.0 Å². The lowest BCUT2D eigenvalue weighted by molar-refractivity contribution is -0.000242. The van der Waals surface area contributed by atoms with Crippen molar-refractivity contribution in [3.8, 4) is 5.82 Å². The van der Waals surface area contributed by atoms with E-state index in [4.69, 9.17) is 0 Å². The Bertz CT molecular complexity index is 1100. The summed E-state index contributed by atoms with van der Waals surface area (Å²) in [5.74, 6) is 0.829. The van der Waals surface area contributed by atoms with Gasteiger partial charge in [-0.3, -0.25) is 0 Å². The Labute approximate surface area is 181 Å². The topological polar surface area (TPSA) is 79.1 Å². The van der Waals surface area contributed by atoms with Crippen molar-refractivity contribution in [1.82, 2.24) is 25.1 Å². The van der Waals surface area contributed by atoms with Gasteiger partial charge in [-0.1, -0.05) is 12.1 Å². The summed E-state index contributed by atoms with van der Waals surface area (Å²) in [6, 6.07) is 8.32. The number of aliphatic hydroxyl groups is 1. The van der Waals surface area contributed by atoms with E-state index in [1.54, 1.807) is 13.8 Å². The maximum Gasteiger partial charge on any atom is 0.159 e. The fourth-order valence-corrected chi connectivity index (χ4v) is 4.96. The van der Waals surface area contributed by atoms with Crippen LogP contribution in [0, 0.1) is 5.92 Å². The van der Waals surface area contributed by atoms with Crippen molar-refractivity contribution in [3.63, 3.8) is 0 Å². The predicted octanol–water partition coefficient (Wildman–Crippen LogP) is 2.96. The smallest absolute Gasteiger partial charge is 0.159 e. The number of halogens is 1. The average Bonchev–Trinajstić information content (AvgIpc) is 3.31. The maximum atomic E-state index is 14.6. The third kappa shape index (κ3) is 3.38. The number of rotatable bonds is 5. The minimum absolute atomic E-state index is 0.0396. The minimum atomic E-state index is -1.10. The summed E-state index contributed by atoms with van der Waals surface area (Å²) >= 11 is 0. The number of anilines is 1. The molecule has 0 radical (unpaired) electrons. The molecule has 8 heteroatoms. The zero-order valence-corrected chi connectivity index (χ0v) is 18.2. The van der Waals surface area contributed by atoms with E-state index in [0.717, 1.165) is 23.7 Å². The Morgan fingerprint density at radius 2 is 1.94 bits per heavy atom. The van der Waals surface area contributed by atoms with Crippen LogP contribution in [0.15, 0.2) is 36.8 Å². The third-order valence-electron chi connectivity index (χ3n) is 7.14. The fourth-order valence-electron chi connectivity index (χ4n) is 4.96. The number of fused-ring (bicyclic) bond motifs is 1. The van der Waals surface area contributed by atoms with Gasteiger partial charge in [0.15, 0.2) is 5.82 Å². The van der Waals surface area contributed by atoms with Gasteiger partial charge in [-0.05, 0) is 51.8 Å². The van der Waals surface area contributed by atoms with E-state index < -0.39 is 17.7 Å². The van der Waals surface area contributed by atoms with Crippen LogP contribution in [0.5, 0.6) is 0 Å². The van der Waals surface area contributed by atoms with Crippen LogP contribution in [0.3, 0.4) is 0 Å². The molecule has 7 nitrogen and oxygen atoms in total. The minimum Gasteiger partial charge on any atom is -0.390 e. The van der Waals surface area contributed by atoms with Crippen LogP contribution in [0.1, 0.15) is 38.7 Å². The fraction of sp³-hybridized carbons (Fsp3) is 0.522. The van der Waals surface area contributed by atoms with E-state index in [0.29, 0.717) is 18.2 Å². The number of nitrogens with one attached hydrogen (secondary N) is 1. The van der Waals surface area contributed by atoms with Crippen LogP contribution in [-0.4, -0.2) is 56.8 Å². The van der Waals surface area contributed by atoms with Gasteiger partial charge < -0.3 is 15.3 Å². The van der Waals surface area contributed by atoms with Crippen LogP contribution in [-0.2, 0) is 5.54 Å². The molecule has 1 saturated heterocycles. The molecule has 3 aromatic rings. The normalized spacial score (nSPS) is 23.3. The Morgan fingerprint density at radius 1 is 1.16 bits per heavy atom. The molecule has 31 heavy (non-hydrogen) atoms. The van der Waals surface area contributed by atoms with E-state index in [2.05, 4.69) is 38.6 Å². The molecule has 5 rings (SSSR count). The van der Waals surface area contributed by atoms with Crippen molar-refractivity contribution >= 4 is 16.7 Å². The summed E-state index contributed by atoms with van der Waals surface area (Å²) in [5.41, 5.74) is 1.21. The van der Waals surface area contributed by atoms with E-state index in [1.165, 1.54) is 18.3 Å². The summed E-state index contributed by atoms with van der Waals surface area (Å²) in [6.07, 6.45) is 5.71. The Balaban J connectivity index is 1.49. The van der Waals surface area contributed by atoms with Gasteiger partial charge in [-0.15, -0.1) is 0 Å². The zero-order valence-electron chi connectivity index (χ0n) is 18.2. The van der Waals surface area contributed by atoms with Gasteiger partial charge in [0, 0.05) is 29.5 Å². The van der Waals surface area contributed by atoms with Crippen molar-refractivity contribution in [2.24, 2.45) is 5.92 Å². The number of hydrogen-bond acceptors (Lipinski definition) is 6. The van der Waals surface area contributed by atoms with Crippen LogP contribution < -0.4 is 10.2 Å². The lowest BCUT2D eigenvalue weighted by atomic mass is 9.72. The lowest BCUT2D eigenvalue weighted by Crippen LogP contribution is -2.45. The molecule has 2 aromatic heterocycles. The molecule has 2 fully saturated rings. The van der Waals surface area contributed by atoms with Crippen molar-refractivity contribution in [3.05, 3.63) is 42.4 Å². The van der Waals surface area contributed by atoms with Crippen molar-refractivity contribution in [2.75, 3.05) is 25.0 Å². The molecular formula is C23H29FN6O. The summed E-state index contributed by atoms with van der Waals surface area (Å²) in [6.45, 7) is 3.94. The molecule has 164 valence electrons. The maximum absolute atomic E-state index is 14.6. The largest absolute Gasteiger partial charge is 0.390 e. The number of alkyl halides is 1. The second kappa shape index (κ2) is 7.24. The van der Waals surface area contributed by atoms with Gasteiger partial charge in [0.2, 0.25) is 0 Å². The second-order valence-corrected chi connectivity index (χ2v) is 9.43. The van der Waals surface area contributed by atoms with E-state index in [1.807, 2.05) is 28.9 Å². The summed E-state index contributed by atoms with van der Waals surface area (Å²) in [7, 11) is 2.02. The average molecular weight is 425 g/mol. The highest BCUT2D eigenvalue weighted by atomic mass is 19.1. The Morgan fingerprint density at radius 3 is 2.58 bits per heavy atom. The monoisotopic (exact) mass is 424 g/mol. The van der Waals surface area contributed by atoms with Gasteiger partial charge in [0.25, 0.3) is 0 Å². The van der Waals surface area contributed by atoms with E-state index in [9.17, 15) is 9.50 Å². The standard InChI is InChI=1S/C23H29FN6O/c1-22(2,31)17-12-29(13-18(17)24)20-10-21(27-14-26-20)30-19-9-16(6-5-15(19)11-28-30)23(25-3)7-4-8-23/h5-6,9-11,14,17-18,25,31H,4,7-8,12-13H2,1-3H3. The van der Waals surface area contributed by atoms with E-state index >= 15 is 0 Å². The van der Waals surface area contributed by atoms with Crippen LogP contribution in [0.25, 0.3) is 16.7 Å². The number of benzene rings is 1. The first-order chi connectivity index (χ1) is 14.8. The number of nitrogens with zero attached hydrogens (tertiary/aromatic N) is 5. The second-order valence-electron chi connectivity index (χ2n) is 9.43. The van der Waals surface area contributed by atoms with Crippen LogP contribution >= 0.6 is 0 Å². The molecular weight excluding hydrogens is 395 g/mol. The molecule has 1 aliphatic heterocycles. The van der Waals surface area contributed by atoms with Crippen molar-refractivity contribution in [2.45, 2.75) is 50.4 Å². The van der Waals surface area contributed by atoms with Gasteiger partial charge in [-0.2, -0.15) is 5.10 Å². The van der Waals surface area contributed by atoms with Gasteiger partial charge >= 0.3 is 0 Å². The molecule has 2 unspecified atom stereocenters. The third-order valence-corrected chi connectivity index (χ3v) is 7.14. The molecule has 2 atom stereocenters. The molecule has 2 aliphatic rings. The summed E-state index contributed by atoms with van der Waals surface area (Å²) < 4.78 is 16.4. The van der Waals surface area contributed by atoms with Crippen LogP contribution in [0.4, 0.5) is 10.2 Å². The molecule has 0 amide bonds. The lowest BCUT2D eigenvalue weighted by Gasteiger charge is -2.42. The Kier molecular flexibility index (Phi) is 4.75. The highest BCUT2D eigenvalue weighted by molar-refractivity contribution is 5.81. The van der Waals surface area contributed by atoms with Crippen molar-refractivity contribution in [1.29, 1.82) is 0 Å². The molecule has 1 aliphatic carbocycles. The molecule has 1 saturated carbocycles. The summed E-state index contributed by atoms with van der Waals surface area (Å²) in [4.78, 5) is 10.7. The van der Waals surface area contributed by atoms with Gasteiger partial charge in [0.1, 0.15) is 18.3 Å². The Hall–Kier alpha value is -2.58. The molecule has 2 N–H and O–H groups in total. The number of aromatic nitrogens is 4. The quantitative estimate of drug-likeness (QED) is 0.656. The molecule has 0 bridgehead atoms. The molecule has 3 heterocycles. The summed E-state index contributed by atoms with van der Waals surface area (Å²) in [5, 5.41) is 19.4. The number of hydrogen-bond donors (Lipinski definition) is 2. The zero-order chi connectivity index (χ0) is 21.8. The van der Waals surface area contributed by atoms with Crippen LogP contribution in [0.2, 0.25) is 0 Å². The van der Waals surface area contributed by atoms with E-state index in [-0.39, 0.29) is 12.1 Å². The first kappa shape index (κ1) is 20.3. The first-order valence-corrected chi connectivity index (χ1v) is 10.9. The van der Waals surface area contributed by atoms with Crippen molar-refractivity contribution < 1.29 is 9.50 Å². The SMILES string of the molecule is CNC1(c2ccc3cnn(-c4cc(N5CC(F)C(C(C)(C)O)C5)ncn4)c3c2)CCC1. The first-order valence-electron chi connectivity index (χ1n) is 10.9. The highest BCUT2D eigenvalue weighted by Gasteiger charge is 2.42. The van der Waals surface area contributed by atoms with Gasteiger partial charge in [0.05, 0.1) is 23.9 Å². The molecule has 0 spiro atoms. The highest BCUT2D eigenvalue weighted by Crippen LogP contribution is 2.41.